The summed E-state index contributed by atoms with van der Waals surface area (Å²) in [5, 5.41) is 11.4. The van der Waals surface area contributed by atoms with E-state index in [0.717, 1.165) is 19.3 Å². The Bertz CT molecular complexity index is 431. The summed E-state index contributed by atoms with van der Waals surface area (Å²) in [6.45, 7) is 0.819. The number of carbonyl (C=O) groups excluding carboxylic acids is 2. The summed E-state index contributed by atoms with van der Waals surface area (Å²) in [6, 6.07) is 1.77. The molecule has 1 aliphatic heterocycles. The van der Waals surface area contributed by atoms with E-state index >= 15 is 0 Å². The van der Waals surface area contributed by atoms with Gasteiger partial charge in [-0.05, 0) is 32.2 Å². The van der Waals surface area contributed by atoms with Gasteiger partial charge >= 0.3 is 6.03 Å². The minimum Gasteiger partial charge on any atom is -0.330 e. The van der Waals surface area contributed by atoms with Gasteiger partial charge in [-0.25, -0.2) is 4.79 Å². The van der Waals surface area contributed by atoms with Crippen LogP contribution in [0.4, 0.5) is 4.79 Å². The molecule has 2 fully saturated rings. The summed E-state index contributed by atoms with van der Waals surface area (Å²) in [7, 11) is 0. The van der Waals surface area contributed by atoms with Gasteiger partial charge in [-0.3, -0.25) is 9.69 Å². The smallest absolute Gasteiger partial charge is 0.325 e. The van der Waals surface area contributed by atoms with Crippen molar-refractivity contribution < 1.29 is 9.59 Å². The van der Waals surface area contributed by atoms with Crippen LogP contribution in [0.2, 0.25) is 0 Å². The third kappa shape index (κ3) is 2.50. The van der Waals surface area contributed by atoms with Gasteiger partial charge in [0.25, 0.3) is 5.91 Å². The SMILES string of the molecule is N#CCCCCN1C(=O)NC2(CCCCC2CN)C1=O. The molecule has 0 radical (unpaired) electrons. The van der Waals surface area contributed by atoms with Gasteiger partial charge in [0.1, 0.15) is 5.54 Å². The number of nitrogens with zero attached hydrogens (tertiary/aromatic N) is 2. The first-order valence-electron chi connectivity index (χ1n) is 7.37. The van der Waals surface area contributed by atoms with Gasteiger partial charge in [-0.1, -0.05) is 12.8 Å². The number of nitrogens with two attached hydrogens (primary N) is 1. The van der Waals surface area contributed by atoms with E-state index in [1.165, 1.54) is 4.90 Å². The third-order valence-corrected chi connectivity index (χ3v) is 4.48. The molecule has 1 saturated heterocycles. The normalized spacial score (nSPS) is 29.6. The second-order valence-electron chi connectivity index (χ2n) is 5.65. The molecule has 1 heterocycles. The first-order valence-corrected chi connectivity index (χ1v) is 7.37. The molecule has 1 aliphatic carbocycles. The van der Waals surface area contributed by atoms with Gasteiger partial charge in [0.05, 0.1) is 6.07 Å². The zero-order chi connectivity index (χ0) is 14.6. The molecular weight excluding hydrogens is 256 g/mol. The summed E-state index contributed by atoms with van der Waals surface area (Å²) in [6.07, 6.45) is 5.44. The number of hydrogen-bond acceptors (Lipinski definition) is 4. The van der Waals surface area contributed by atoms with Gasteiger partial charge in [0, 0.05) is 18.9 Å². The summed E-state index contributed by atoms with van der Waals surface area (Å²) in [5.41, 5.74) is 5.03. The van der Waals surface area contributed by atoms with E-state index < -0.39 is 5.54 Å². The molecule has 3 N–H and O–H groups in total. The number of urea groups is 1. The van der Waals surface area contributed by atoms with Gasteiger partial charge in [0.2, 0.25) is 0 Å². The Hall–Kier alpha value is -1.61. The fraction of sp³-hybridized carbons (Fsp3) is 0.786. The standard InChI is InChI=1S/C14H22N4O2/c15-8-4-1-5-9-18-12(19)14(17-13(18)20)7-3-2-6-11(14)10-16/h11H,1-7,9-10,16H2,(H,17,20). The van der Waals surface area contributed by atoms with E-state index in [9.17, 15) is 9.59 Å². The number of imide groups is 1. The van der Waals surface area contributed by atoms with Crippen molar-refractivity contribution in [3.63, 3.8) is 0 Å². The van der Waals surface area contributed by atoms with Crippen molar-refractivity contribution in [2.45, 2.75) is 50.5 Å². The first-order chi connectivity index (χ1) is 9.65. The van der Waals surface area contributed by atoms with Crippen LogP contribution in [-0.4, -0.2) is 35.5 Å². The quantitative estimate of drug-likeness (QED) is 0.581. The van der Waals surface area contributed by atoms with Crippen LogP contribution < -0.4 is 11.1 Å². The average Bonchev–Trinajstić information content (AvgIpc) is 2.68. The minimum absolute atomic E-state index is 0.0387. The monoisotopic (exact) mass is 278 g/mol. The Morgan fingerprint density at radius 3 is 2.90 bits per heavy atom. The number of nitriles is 1. The second-order valence-corrected chi connectivity index (χ2v) is 5.65. The van der Waals surface area contributed by atoms with E-state index in [4.69, 9.17) is 11.0 Å². The van der Waals surface area contributed by atoms with Gasteiger partial charge in [0.15, 0.2) is 0 Å². The van der Waals surface area contributed by atoms with Crippen molar-refractivity contribution in [3.8, 4) is 6.07 Å². The van der Waals surface area contributed by atoms with E-state index in [1.807, 2.05) is 0 Å². The molecule has 6 nitrogen and oxygen atoms in total. The van der Waals surface area contributed by atoms with E-state index in [2.05, 4.69) is 11.4 Å². The highest BCUT2D eigenvalue weighted by Gasteiger charge is 2.55. The van der Waals surface area contributed by atoms with Crippen LogP contribution in [0.3, 0.4) is 0 Å². The molecule has 2 rings (SSSR count). The topological polar surface area (TPSA) is 99.2 Å². The number of amides is 3. The number of carbonyl (C=O) groups is 2. The average molecular weight is 278 g/mol. The fourth-order valence-electron chi connectivity index (χ4n) is 3.33. The fourth-order valence-corrected chi connectivity index (χ4v) is 3.33. The Labute approximate surface area is 119 Å². The van der Waals surface area contributed by atoms with E-state index in [1.54, 1.807) is 0 Å². The molecular formula is C14H22N4O2. The highest BCUT2D eigenvalue weighted by molar-refractivity contribution is 6.07. The summed E-state index contributed by atoms with van der Waals surface area (Å²) in [5.74, 6) is -0.0774. The number of nitrogens with one attached hydrogen (secondary N) is 1. The lowest BCUT2D eigenvalue weighted by molar-refractivity contribution is -0.134. The first kappa shape index (κ1) is 14.8. The van der Waals surface area contributed by atoms with Crippen LogP contribution in [0.5, 0.6) is 0 Å². The Kier molecular flexibility index (Phi) is 4.61. The van der Waals surface area contributed by atoms with Crippen molar-refractivity contribution >= 4 is 11.9 Å². The molecule has 20 heavy (non-hydrogen) atoms. The molecule has 0 bridgehead atoms. The molecule has 3 amide bonds. The zero-order valence-electron chi connectivity index (χ0n) is 11.7. The maximum absolute atomic E-state index is 12.6. The molecule has 1 saturated carbocycles. The molecule has 110 valence electrons. The number of rotatable bonds is 5. The van der Waals surface area contributed by atoms with Crippen LogP contribution in [0.15, 0.2) is 0 Å². The van der Waals surface area contributed by atoms with Crippen molar-refractivity contribution in [3.05, 3.63) is 0 Å². The lowest BCUT2D eigenvalue weighted by Gasteiger charge is -2.38. The second kappa shape index (κ2) is 6.23. The lowest BCUT2D eigenvalue weighted by atomic mass is 9.72. The van der Waals surface area contributed by atoms with Crippen molar-refractivity contribution in [1.29, 1.82) is 5.26 Å². The van der Waals surface area contributed by atoms with Crippen molar-refractivity contribution in [2.75, 3.05) is 13.1 Å². The molecule has 2 atom stereocenters. The maximum Gasteiger partial charge on any atom is 0.325 e. The zero-order valence-corrected chi connectivity index (χ0v) is 11.7. The molecule has 0 aromatic carbocycles. The van der Waals surface area contributed by atoms with Gasteiger partial charge in [-0.15, -0.1) is 0 Å². The summed E-state index contributed by atoms with van der Waals surface area (Å²) in [4.78, 5) is 26.0. The Morgan fingerprint density at radius 1 is 1.40 bits per heavy atom. The van der Waals surface area contributed by atoms with Crippen molar-refractivity contribution in [1.82, 2.24) is 10.2 Å². The third-order valence-electron chi connectivity index (χ3n) is 4.48. The highest BCUT2D eigenvalue weighted by atomic mass is 16.2. The maximum atomic E-state index is 12.6. The van der Waals surface area contributed by atoms with Crippen LogP contribution >= 0.6 is 0 Å². The molecule has 6 heteroatoms. The molecule has 0 aromatic heterocycles. The Balaban J connectivity index is 2.05. The molecule has 1 spiro atoms. The van der Waals surface area contributed by atoms with Crippen LogP contribution in [0.25, 0.3) is 0 Å². The van der Waals surface area contributed by atoms with Crippen molar-refractivity contribution in [2.24, 2.45) is 11.7 Å². The number of unbranched alkanes of at least 4 members (excludes halogenated alkanes) is 2. The predicted molar refractivity (Wildman–Crippen MR) is 73.5 cm³/mol. The summed E-state index contributed by atoms with van der Waals surface area (Å²) < 4.78 is 0. The van der Waals surface area contributed by atoms with Crippen LogP contribution in [0.1, 0.15) is 44.9 Å². The largest absolute Gasteiger partial charge is 0.330 e. The highest BCUT2D eigenvalue weighted by Crippen LogP contribution is 2.38. The van der Waals surface area contributed by atoms with Gasteiger partial charge < -0.3 is 11.1 Å². The number of hydrogen-bond donors (Lipinski definition) is 2. The van der Waals surface area contributed by atoms with Crippen LogP contribution in [0, 0.1) is 17.2 Å². The van der Waals surface area contributed by atoms with Crippen LogP contribution in [-0.2, 0) is 4.79 Å². The summed E-state index contributed by atoms with van der Waals surface area (Å²) >= 11 is 0. The predicted octanol–water partition coefficient (Wildman–Crippen LogP) is 1.12. The minimum atomic E-state index is -0.765. The van der Waals surface area contributed by atoms with E-state index in [-0.39, 0.29) is 17.9 Å². The lowest BCUT2D eigenvalue weighted by Crippen LogP contribution is -2.57. The molecule has 0 aromatic rings. The van der Waals surface area contributed by atoms with E-state index in [0.29, 0.717) is 38.8 Å². The molecule has 2 aliphatic rings. The molecule has 2 unspecified atom stereocenters. The Morgan fingerprint density at radius 2 is 2.20 bits per heavy atom. The van der Waals surface area contributed by atoms with Gasteiger partial charge in [-0.2, -0.15) is 5.26 Å².